The van der Waals surface area contributed by atoms with Gasteiger partial charge in [-0.05, 0) is 20.3 Å². The number of aromatic nitrogens is 2. The lowest BCUT2D eigenvalue weighted by Crippen LogP contribution is -2.03. The van der Waals surface area contributed by atoms with E-state index >= 15 is 0 Å². The average molecular weight is 151 g/mol. The van der Waals surface area contributed by atoms with Crippen LogP contribution in [-0.2, 0) is 6.42 Å². The number of nitrogens with zero attached hydrogens (tertiary/aromatic N) is 2. The third-order valence-corrected chi connectivity index (χ3v) is 1.71. The predicted molar refractivity (Wildman–Crippen MR) is 45.3 cm³/mol. The van der Waals surface area contributed by atoms with Crippen LogP contribution in [0, 0.1) is 13.8 Å². The molecule has 0 aliphatic heterocycles. The van der Waals surface area contributed by atoms with Crippen LogP contribution >= 0.6 is 0 Å². The third-order valence-electron chi connectivity index (χ3n) is 1.71. The van der Waals surface area contributed by atoms with E-state index in [2.05, 4.69) is 16.9 Å². The molecule has 1 aromatic rings. The lowest BCUT2D eigenvalue weighted by molar-refractivity contribution is 0.957. The van der Waals surface area contributed by atoms with Crippen LogP contribution in [0.4, 0.5) is 5.82 Å². The van der Waals surface area contributed by atoms with Crippen molar-refractivity contribution in [3.05, 3.63) is 17.1 Å². The molecule has 0 amide bonds. The summed E-state index contributed by atoms with van der Waals surface area (Å²) >= 11 is 0. The van der Waals surface area contributed by atoms with Crippen LogP contribution < -0.4 is 5.73 Å². The van der Waals surface area contributed by atoms with Gasteiger partial charge in [-0.1, -0.05) is 6.92 Å². The van der Waals surface area contributed by atoms with E-state index in [1.165, 1.54) is 0 Å². The Morgan fingerprint density at radius 3 is 2.36 bits per heavy atom. The van der Waals surface area contributed by atoms with Gasteiger partial charge in [-0.25, -0.2) is 9.97 Å². The largest absolute Gasteiger partial charge is 0.383 e. The molecule has 0 radical (unpaired) electrons. The topological polar surface area (TPSA) is 51.8 Å². The Balaban J connectivity index is 3.25. The highest BCUT2D eigenvalue weighted by Crippen LogP contribution is 2.12. The molecule has 0 spiro atoms. The van der Waals surface area contributed by atoms with E-state index in [0.717, 1.165) is 23.5 Å². The fraction of sp³-hybridized carbons (Fsp3) is 0.500. The van der Waals surface area contributed by atoms with Crippen LogP contribution in [0.5, 0.6) is 0 Å². The first-order chi connectivity index (χ1) is 5.15. The van der Waals surface area contributed by atoms with Crippen molar-refractivity contribution < 1.29 is 0 Å². The fourth-order valence-electron chi connectivity index (χ4n) is 1.20. The van der Waals surface area contributed by atoms with Crippen LogP contribution in [0.3, 0.4) is 0 Å². The van der Waals surface area contributed by atoms with Gasteiger partial charge < -0.3 is 5.73 Å². The van der Waals surface area contributed by atoms with Crippen molar-refractivity contribution in [2.75, 3.05) is 5.73 Å². The highest BCUT2D eigenvalue weighted by atomic mass is 14.9. The SMILES string of the molecule is CCc1c(C)nc(C)nc1N. The van der Waals surface area contributed by atoms with Crippen molar-refractivity contribution >= 4 is 5.82 Å². The number of rotatable bonds is 1. The summed E-state index contributed by atoms with van der Waals surface area (Å²) in [6.07, 6.45) is 0.901. The Labute approximate surface area is 66.7 Å². The Morgan fingerprint density at radius 1 is 1.27 bits per heavy atom. The first-order valence-electron chi connectivity index (χ1n) is 3.74. The third kappa shape index (κ3) is 1.48. The molecule has 60 valence electrons. The van der Waals surface area contributed by atoms with Gasteiger partial charge in [0.15, 0.2) is 0 Å². The summed E-state index contributed by atoms with van der Waals surface area (Å²) in [5, 5.41) is 0. The number of aryl methyl sites for hydroxylation is 2. The summed E-state index contributed by atoms with van der Waals surface area (Å²) in [6.45, 7) is 5.87. The molecule has 0 atom stereocenters. The Morgan fingerprint density at radius 2 is 1.91 bits per heavy atom. The molecule has 0 saturated heterocycles. The first kappa shape index (κ1) is 7.98. The minimum absolute atomic E-state index is 0.623. The second-order valence-corrected chi connectivity index (χ2v) is 2.57. The molecule has 2 N–H and O–H groups in total. The molecular formula is C8H13N3. The highest BCUT2D eigenvalue weighted by molar-refractivity contribution is 5.41. The summed E-state index contributed by atoms with van der Waals surface area (Å²) in [7, 11) is 0. The molecule has 0 bridgehead atoms. The maximum absolute atomic E-state index is 5.68. The van der Waals surface area contributed by atoms with Gasteiger partial charge in [0.2, 0.25) is 0 Å². The maximum Gasteiger partial charge on any atom is 0.130 e. The van der Waals surface area contributed by atoms with Crippen molar-refractivity contribution in [3.8, 4) is 0 Å². The molecular weight excluding hydrogens is 138 g/mol. The molecule has 0 unspecified atom stereocenters. The summed E-state index contributed by atoms with van der Waals surface area (Å²) in [5.74, 6) is 1.37. The maximum atomic E-state index is 5.68. The van der Waals surface area contributed by atoms with Gasteiger partial charge in [-0.2, -0.15) is 0 Å². The van der Waals surface area contributed by atoms with Crippen molar-refractivity contribution in [1.29, 1.82) is 0 Å². The first-order valence-corrected chi connectivity index (χ1v) is 3.74. The molecule has 1 heterocycles. The zero-order valence-electron chi connectivity index (χ0n) is 7.18. The molecule has 0 aliphatic rings. The number of hydrogen-bond donors (Lipinski definition) is 1. The Bertz CT molecular complexity index is 245. The fourth-order valence-corrected chi connectivity index (χ4v) is 1.20. The summed E-state index contributed by atoms with van der Waals surface area (Å²) in [5.41, 5.74) is 7.74. The van der Waals surface area contributed by atoms with Crippen molar-refractivity contribution in [3.63, 3.8) is 0 Å². The second-order valence-electron chi connectivity index (χ2n) is 2.57. The summed E-state index contributed by atoms with van der Waals surface area (Å²) in [4.78, 5) is 8.29. The van der Waals surface area contributed by atoms with E-state index < -0.39 is 0 Å². The van der Waals surface area contributed by atoms with E-state index in [0.29, 0.717) is 5.82 Å². The molecule has 3 nitrogen and oxygen atoms in total. The highest BCUT2D eigenvalue weighted by Gasteiger charge is 2.03. The molecule has 0 saturated carbocycles. The standard InChI is InChI=1S/C8H13N3/c1-4-7-5(2)10-6(3)11-8(7)9/h4H2,1-3H3,(H2,9,10,11). The smallest absolute Gasteiger partial charge is 0.130 e. The number of hydrogen-bond acceptors (Lipinski definition) is 3. The van der Waals surface area contributed by atoms with Crippen molar-refractivity contribution in [2.24, 2.45) is 0 Å². The number of nitrogens with two attached hydrogens (primary N) is 1. The van der Waals surface area contributed by atoms with Crippen molar-refractivity contribution in [1.82, 2.24) is 9.97 Å². The predicted octanol–water partition coefficient (Wildman–Crippen LogP) is 1.24. The molecule has 0 fully saturated rings. The zero-order chi connectivity index (χ0) is 8.43. The molecule has 1 aromatic heterocycles. The van der Waals surface area contributed by atoms with Crippen LogP contribution in [0.1, 0.15) is 24.0 Å². The average Bonchev–Trinajstić information content (AvgIpc) is 1.85. The van der Waals surface area contributed by atoms with Gasteiger partial charge in [0.1, 0.15) is 11.6 Å². The minimum Gasteiger partial charge on any atom is -0.383 e. The molecule has 0 aliphatic carbocycles. The molecule has 0 aromatic carbocycles. The number of anilines is 1. The quantitative estimate of drug-likeness (QED) is 0.657. The Hall–Kier alpha value is -1.12. The van der Waals surface area contributed by atoms with Crippen LogP contribution in [0.25, 0.3) is 0 Å². The van der Waals surface area contributed by atoms with Crippen LogP contribution in [0.2, 0.25) is 0 Å². The van der Waals surface area contributed by atoms with E-state index in [1.807, 2.05) is 13.8 Å². The van der Waals surface area contributed by atoms with Crippen molar-refractivity contribution in [2.45, 2.75) is 27.2 Å². The van der Waals surface area contributed by atoms with Crippen LogP contribution in [-0.4, -0.2) is 9.97 Å². The minimum atomic E-state index is 0.623. The van der Waals surface area contributed by atoms with E-state index in [1.54, 1.807) is 0 Å². The Kier molecular flexibility index (Phi) is 2.08. The van der Waals surface area contributed by atoms with Gasteiger partial charge in [0.05, 0.1) is 0 Å². The lowest BCUT2D eigenvalue weighted by Gasteiger charge is -2.05. The van der Waals surface area contributed by atoms with Gasteiger partial charge in [-0.15, -0.1) is 0 Å². The van der Waals surface area contributed by atoms with Gasteiger partial charge in [-0.3, -0.25) is 0 Å². The van der Waals surface area contributed by atoms with Gasteiger partial charge >= 0.3 is 0 Å². The summed E-state index contributed by atoms with van der Waals surface area (Å²) < 4.78 is 0. The monoisotopic (exact) mass is 151 g/mol. The van der Waals surface area contributed by atoms with E-state index in [-0.39, 0.29) is 0 Å². The zero-order valence-corrected chi connectivity index (χ0v) is 7.18. The second kappa shape index (κ2) is 2.86. The van der Waals surface area contributed by atoms with Crippen LogP contribution in [0.15, 0.2) is 0 Å². The molecule has 11 heavy (non-hydrogen) atoms. The summed E-state index contributed by atoms with van der Waals surface area (Å²) in [6, 6.07) is 0. The van der Waals surface area contributed by atoms with E-state index in [4.69, 9.17) is 5.73 Å². The van der Waals surface area contributed by atoms with Gasteiger partial charge in [0.25, 0.3) is 0 Å². The lowest BCUT2D eigenvalue weighted by atomic mass is 10.2. The van der Waals surface area contributed by atoms with E-state index in [9.17, 15) is 0 Å². The molecule has 1 rings (SSSR count). The number of nitrogen functional groups attached to an aromatic ring is 1. The molecule has 3 heteroatoms. The van der Waals surface area contributed by atoms with Gasteiger partial charge in [0, 0.05) is 11.3 Å². The normalized spacial score (nSPS) is 10.1.